The minimum absolute atomic E-state index is 0.0101. The molecule has 0 spiro atoms. The van der Waals surface area contributed by atoms with Gasteiger partial charge >= 0.3 is 6.09 Å². The molecule has 3 aromatic carbocycles. The lowest BCUT2D eigenvalue weighted by atomic mass is 9.47. The molecule has 12 unspecified atom stereocenters. The van der Waals surface area contributed by atoms with E-state index in [2.05, 4.69) is 46.0 Å². The van der Waals surface area contributed by atoms with E-state index in [0.717, 1.165) is 95.8 Å². The van der Waals surface area contributed by atoms with Crippen LogP contribution in [0.15, 0.2) is 90.5 Å². The zero-order valence-electron chi connectivity index (χ0n) is 44.4. The van der Waals surface area contributed by atoms with Gasteiger partial charge in [0.05, 0.1) is 26.4 Å². The van der Waals surface area contributed by atoms with Gasteiger partial charge in [-0.25, -0.2) is 4.79 Å². The van der Waals surface area contributed by atoms with Crippen molar-refractivity contribution in [3.05, 3.63) is 107 Å². The van der Waals surface area contributed by atoms with Gasteiger partial charge < -0.3 is 38.6 Å². The van der Waals surface area contributed by atoms with Crippen LogP contribution in [0, 0.1) is 52.3 Å². The molecule has 2 amide bonds. The lowest BCUT2D eigenvalue weighted by molar-refractivity contribution is -0.130. The summed E-state index contributed by atoms with van der Waals surface area (Å²) >= 11 is 0. The largest absolute Gasteiger partial charge is 0.497 e. The molecule has 1 heterocycles. The fourth-order valence-electron chi connectivity index (χ4n) is 14.5. The maximum atomic E-state index is 13.9. The smallest absolute Gasteiger partial charge is 0.407 e. The second kappa shape index (κ2) is 24.6. The molecular weight excluding hydrogens is 922 g/mol. The molecule has 0 radical (unpaired) electrons. The average Bonchev–Trinajstić information content (AvgIpc) is 3.96. The summed E-state index contributed by atoms with van der Waals surface area (Å²) in [5.41, 5.74) is 10.9. The van der Waals surface area contributed by atoms with Crippen LogP contribution in [0.2, 0.25) is 0 Å². The van der Waals surface area contributed by atoms with Crippen LogP contribution in [0.1, 0.15) is 160 Å². The number of nitrogens with one attached hydrogen (secondary N) is 1. The van der Waals surface area contributed by atoms with Crippen molar-refractivity contribution in [1.29, 1.82) is 0 Å². The topological polar surface area (TPSA) is 142 Å². The maximum Gasteiger partial charge on any atom is 0.407 e. The van der Waals surface area contributed by atoms with Crippen LogP contribution in [0.25, 0.3) is 0 Å². The van der Waals surface area contributed by atoms with Crippen molar-refractivity contribution in [2.24, 2.45) is 57.8 Å². The minimum atomic E-state index is -2.21. The Morgan fingerprint density at radius 3 is 2.15 bits per heavy atom. The molecule has 0 bridgehead atoms. The van der Waals surface area contributed by atoms with Crippen LogP contribution in [-0.2, 0) is 18.8 Å². The predicted octanol–water partition coefficient (Wildman–Crippen LogP) is 13.3. The van der Waals surface area contributed by atoms with E-state index in [1.807, 2.05) is 83.8 Å². The van der Waals surface area contributed by atoms with Gasteiger partial charge in [-0.3, -0.25) is 10.3 Å². The number of methoxy groups -OCH3 is 2. The quantitative estimate of drug-likeness (QED) is 0.0509. The summed E-state index contributed by atoms with van der Waals surface area (Å²) in [5, 5.41) is 3.02. The molecule has 4 aliphatic carbocycles. The Morgan fingerprint density at radius 2 is 1.50 bits per heavy atom. The first-order chi connectivity index (χ1) is 34.7. The van der Waals surface area contributed by atoms with Crippen molar-refractivity contribution < 1.29 is 38.0 Å². The number of nitrogens with zero attached hydrogens (tertiary/aromatic N) is 1. The monoisotopic (exact) mass is 1010 g/mol. The molecule has 1 saturated heterocycles. The second-order valence-electron chi connectivity index (χ2n) is 23.1. The Morgan fingerprint density at radius 1 is 0.806 bits per heavy atom. The first-order valence-electron chi connectivity index (χ1n) is 27.5. The number of hydrogen-bond acceptors (Lipinski definition) is 9. The first-order valence-corrected chi connectivity index (χ1v) is 28.8. The van der Waals surface area contributed by atoms with E-state index in [1.54, 1.807) is 14.2 Å². The van der Waals surface area contributed by atoms with E-state index < -0.39 is 26.8 Å². The number of benzene rings is 3. The number of nitrogens with two attached hydrogens (primary N) is 1. The van der Waals surface area contributed by atoms with Gasteiger partial charge in [0, 0.05) is 38.4 Å². The highest BCUT2D eigenvalue weighted by atomic mass is 31.2. The summed E-state index contributed by atoms with van der Waals surface area (Å²) in [6.07, 6.45) is 16.8. The third kappa shape index (κ3) is 12.6. The molecule has 4 fully saturated rings. The van der Waals surface area contributed by atoms with Gasteiger partial charge in [0.1, 0.15) is 23.7 Å². The van der Waals surface area contributed by atoms with Crippen molar-refractivity contribution in [2.75, 3.05) is 33.9 Å². The number of fused-ring (bicyclic) bond motifs is 5. The number of carbonyl (C=O) groups excluding carboxylic acids is 2. The number of carbonyl (C=O) groups is 2. The fraction of sp³-hybridized carbons (Fsp3) is 0.633. The number of likely N-dealkylation sites (tertiary alicyclic amines) is 1. The molecule has 394 valence electrons. The number of rotatable bonds is 22. The average molecular weight is 1010 g/mol. The number of allylic oxidation sites excluding steroid dienone is 1. The van der Waals surface area contributed by atoms with Gasteiger partial charge in [-0.05, 0) is 145 Å². The number of hydrogen-bond donors (Lipinski definition) is 3. The Hall–Kier alpha value is -3.99. The van der Waals surface area contributed by atoms with E-state index in [9.17, 15) is 14.5 Å². The van der Waals surface area contributed by atoms with Crippen molar-refractivity contribution in [3.8, 4) is 11.5 Å². The van der Waals surface area contributed by atoms with E-state index in [4.69, 9.17) is 29.0 Å². The Bertz CT molecular complexity index is 2200. The van der Waals surface area contributed by atoms with Gasteiger partial charge in [0.25, 0.3) is 0 Å². The van der Waals surface area contributed by atoms with E-state index >= 15 is 0 Å². The number of amides is 2. The molecule has 0 aromatic heterocycles. The summed E-state index contributed by atoms with van der Waals surface area (Å²) in [6, 6.07) is 25.6. The first kappa shape index (κ1) is 54.3. The fourth-order valence-corrected chi connectivity index (χ4v) is 15.0. The van der Waals surface area contributed by atoms with Gasteiger partial charge in [-0.2, -0.15) is 0 Å². The summed E-state index contributed by atoms with van der Waals surface area (Å²) in [5.74, 6) is 5.99. The lowest BCUT2D eigenvalue weighted by Crippen LogP contribution is -2.51. The highest BCUT2D eigenvalue weighted by Gasteiger charge is 2.59. The summed E-state index contributed by atoms with van der Waals surface area (Å²) in [7, 11) is 1.08. The number of ether oxygens (including phenoxy) is 4. The standard InChI is InChI=1S/C60H86N3O8P/c1-40(2)15-14-16-41(3)51-30-31-52-49-29-24-45-37-48(32-34-59(45,4)53(49)33-35-60(51,52)5)69-58(65)62-36-13-9-12-19-55(64)63-38-50(54(39-63)71-72(61)66)57(42-17-10-8-11-18-42)70-56(43-20-25-46(67-6)26-21-43)44-22-27-47(68-7)28-23-44/h8,10-11,17-18,20-28,40-41,48-54,56-57,66H,9,12-16,19,29-39,61H2,1-7H3,(H,62,65). The van der Waals surface area contributed by atoms with Gasteiger partial charge in [-0.1, -0.05) is 127 Å². The SMILES string of the molecule is COc1ccc(C(OC(c2ccccc2)C2CN(C(=O)CCCCCNC(=O)OC3CCC4(C)C(=CCC5C4CCC4(C)C(C(C)CCCC(C)C)CCC54)C3)CC2OP(N)O)c2ccc(OC)cc2)cc1. The van der Waals surface area contributed by atoms with Gasteiger partial charge in [0.2, 0.25) is 14.4 Å². The van der Waals surface area contributed by atoms with Gasteiger partial charge in [-0.15, -0.1) is 0 Å². The normalized spacial score (nSPS) is 29.1. The molecule has 8 rings (SSSR count). The molecule has 12 atom stereocenters. The van der Waals surface area contributed by atoms with E-state index in [-0.39, 0.29) is 36.0 Å². The second-order valence-corrected chi connectivity index (χ2v) is 23.9. The number of unbranched alkanes of at least 4 members (excludes halogenated alkanes) is 2. The molecule has 12 heteroatoms. The Kier molecular flexibility index (Phi) is 18.5. The Labute approximate surface area is 432 Å². The van der Waals surface area contributed by atoms with Crippen LogP contribution < -0.4 is 20.3 Å². The Balaban J connectivity index is 0.812. The van der Waals surface area contributed by atoms with Crippen molar-refractivity contribution >= 4 is 20.5 Å². The van der Waals surface area contributed by atoms with E-state index in [1.165, 1.54) is 56.9 Å². The molecule has 11 nitrogen and oxygen atoms in total. The van der Waals surface area contributed by atoms with Crippen molar-refractivity contribution in [2.45, 2.75) is 155 Å². The third-order valence-corrected chi connectivity index (χ3v) is 18.9. The molecule has 1 aliphatic heterocycles. The zero-order chi connectivity index (χ0) is 51.0. The highest BCUT2D eigenvalue weighted by Crippen LogP contribution is 2.67. The molecule has 5 aliphatic rings. The zero-order valence-corrected chi connectivity index (χ0v) is 45.3. The molecular formula is C60H86N3O8P. The van der Waals surface area contributed by atoms with Crippen LogP contribution in [0.4, 0.5) is 4.79 Å². The predicted molar refractivity (Wildman–Crippen MR) is 286 cm³/mol. The summed E-state index contributed by atoms with van der Waals surface area (Å²) < 4.78 is 30.2. The highest BCUT2D eigenvalue weighted by molar-refractivity contribution is 7.43. The van der Waals surface area contributed by atoms with Crippen LogP contribution >= 0.6 is 8.53 Å². The molecule has 72 heavy (non-hydrogen) atoms. The molecule has 3 aromatic rings. The van der Waals surface area contributed by atoms with Crippen LogP contribution in [0.3, 0.4) is 0 Å². The van der Waals surface area contributed by atoms with Crippen molar-refractivity contribution in [3.63, 3.8) is 0 Å². The minimum Gasteiger partial charge on any atom is -0.497 e. The van der Waals surface area contributed by atoms with Crippen LogP contribution in [0.5, 0.6) is 11.5 Å². The molecule has 3 saturated carbocycles. The van der Waals surface area contributed by atoms with Crippen molar-refractivity contribution in [1.82, 2.24) is 10.2 Å². The van der Waals surface area contributed by atoms with Crippen LogP contribution in [-0.4, -0.2) is 67.9 Å². The molecule has 4 N–H and O–H groups in total. The third-order valence-electron chi connectivity index (χ3n) is 18.4. The number of alkyl carbamates (subject to hydrolysis) is 1. The van der Waals surface area contributed by atoms with Gasteiger partial charge in [0.15, 0.2) is 0 Å². The van der Waals surface area contributed by atoms with E-state index in [0.29, 0.717) is 31.3 Å². The summed E-state index contributed by atoms with van der Waals surface area (Å²) in [6.45, 7) is 13.6. The summed E-state index contributed by atoms with van der Waals surface area (Å²) in [4.78, 5) is 39.3. The maximum absolute atomic E-state index is 13.9. The lowest BCUT2D eigenvalue weighted by Gasteiger charge is -2.58.